The Morgan fingerprint density at radius 3 is 1.78 bits per heavy atom. The van der Waals surface area contributed by atoms with Crippen molar-refractivity contribution in [3.8, 4) is 39.6 Å². The lowest BCUT2D eigenvalue weighted by Gasteiger charge is -2.27. The Morgan fingerprint density at radius 1 is 0.440 bits per heavy atom. The van der Waals surface area contributed by atoms with Gasteiger partial charge in [0.25, 0.3) is 0 Å². The van der Waals surface area contributed by atoms with Crippen molar-refractivity contribution in [2.75, 3.05) is 4.90 Å². The fraction of sp³-hybridized carbons (Fsp3) is 0. The third-order valence-electron chi connectivity index (χ3n) is 9.72. The molecule has 10 rings (SSSR count). The Morgan fingerprint density at radius 2 is 1.04 bits per heavy atom. The molecule has 1 aliphatic rings. The molecule has 0 saturated carbocycles. The van der Waals surface area contributed by atoms with Gasteiger partial charge in [0, 0.05) is 55.8 Å². The van der Waals surface area contributed by atoms with Gasteiger partial charge < -0.3 is 9.47 Å². The van der Waals surface area contributed by atoms with Gasteiger partial charge in [-0.2, -0.15) is 0 Å². The molecule has 0 amide bonds. The van der Waals surface area contributed by atoms with Crippen molar-refractivity contribution < 1.29 is 0 Å². The van der Waals surface area contributed by atoms with Crippen molar-refractivity contribution in [1.29, 1.82) is 0 Å². The molecule has 50 heavy (non-hydrogen) atoms. The molecule has 1 aliphatic heterocycles. The Kier molecular flexibility index (Phi) is 6.46. The molecule has 3 heterocycles. The quantitative estimate of drug-likeness (QED) is 0.188. The topological polar surface area (TPSA) is 34.0 Å². The SMILES string of the molecule is C1=CN(c2cccc(-c3nc(-c4ccccc4)cc(-c4ccccc4)n3)c2)c2cccc3c2c1cc1c2ccccc2n(-c2ccccc2)c31. The number of aromatic nitrogens is 3. The molecule has 0 bridgehead atoms. The summed E-state index contributed by atoms with van der Waals surface area (Å²) in [5.41, 5.74) is 11.9. The average molecular weight is 639 g/mol. The predicted molar refractivity (Wildman–Crippen MR) is 208 cm³/mol. The van der Waals surface area contributed by atoms with Gasteiger partial charge in [-0.15, -0.1) is 0 Å². The Labute approximate surface area is 289 Å². The van der Waals surface area contributed by atoms with Crippen molar-refractivity contribution >= 4 is 50.0 Å². The van der Waals surface area contributed by atoms with E-state index in [9.17, 15) is 0 Å². The van der Waals surface area contributed by atoms with E-state index in [4.69, 9.17) is 9.97 Å². The number of fused-ring (bicyclic) bond motifs is 4. The highest BCUT2D eigenvalue weighted by Crippen LogP contribution is 2.45. The van der Waals surface area contributed by atoms with Crippen LogP contribution < -0.4 is 4.90 Å². The number of rotatable bonds is 5. The second-order valence-corrected chi connectivity index (χ2v) is 12.7. The first kappa shape index (κ1) is 28.3. The minimum atomic E-state index is 0.695. The van der Waals surface area contributed by atoms with Crippen LogP contribution >= 0.6 is 0 Å². The highest BCUT2D eigenvalue weighted by molar-refractivity contribution is 6.23. The zero-order valence-electron chi connectivity index (χ0n) is 27.1. The molecule has 4 heteroatoms. The van der Waals surface area contributed by atoms with Gasteiger partial charge in [-0.25, -0.2) is 9.97 Å². The number of anilines is 2. The fourth-order valence-corrected chi connectivity index (χ4v) is 7.47. The van der Waals surface area contributed by atoms with Crippen LogP contribution in [0.5, 0.6) is 0 Å². The highest BCUT2D eigenvalue weighted by Gasteiger charge is 2.23. The third kappa shape index (κ3) is 4.54. The summed E-state index contributed by atoms with van der Waals surface area (Å²) in [5.74, 6) is 0.695. The van der Waals surface area contributed by atoms with Gasteiger partial charge in [-0.05, 0) is 60.2 Å². The molecular formula is C46H30N4. The number of benzene rings is 7. The first-order chi connectivity index (χ1) is 24.8. The lowest BCUT2D eigenvalue weighted by molar-refractivity contribution is 1.18. The van der Waals surface area contributed by atoms with Crippen molar-refractivity contribution in [2.24, 2.45) is 0 Å². The van der Waals surface area contributed by atoms with Crippen LogP contribution in [-0.4, -0.2) is 14.5 Å². The molecule has 7 aromatic carbocycles. The second kappa shape index (κ2) is 11.4. The van der Waals surface area contributed by atoms with Gasteiger partial charge >= 0.3 is 0 Å². The average Bonchev–Trinajstić information content (AvgIpc) is 3.53. The van der Waals surface area contributed by atoms with E-state index in [0.717, 1.165) is 45.1 Å². The number of para-hydroxylation sites is 2. The van der Waals surface area contributed by atoms with E-state index < -0.39 is 0 Å². The van der Waals surface area contributed by atoms with Gasteiger partial charge in [0.1, 0.15) is 0 Å². The maximum Gasteiger partial charge on any atom is 0.160 e. The van der Waals surface area contributed by atoms with Crippen LogP contribution in [0.4, 0.5) is 11.4 Å². The summed E-state index contributed by atoms with van der Waals surface area (Å²) in [5, 5.41) is 4.98. The normalized spacial score (nSPS) is 12.3. The van der Waals surface area contributed by atoms with E-state index in [1.54, 1.807) is 0 Å². The lowest BCUT2D eigenvalue weighted by atomic mass is 9.95. The van der Waals surface area contributed by atoms with E-state index in [-0.39, 0.29) is 0 Å². The molecule has 0 atom stereocenters. The molecule has 0 fully saturated rings. The predicted octanol–water partition coefficient (Wildman–Crippen LogP) is 11.9. The van der Waals surface area contributed by atoms with Crippen LogP contribution in [0.15, 0.2) is 176 Å². The molecule has 0 radical (unpaired) electrons. The fourth-order valence-electron chi connectivity index (χ4n) is 7.47. The van der Waals surface area contributed by atoms with Crippen LogP contribution in [0.2, 0.25) is 0 Å². The van der Waals surface area contributed by atoms with Crippen LogP contribution in [0.1, 0.15) is 5.56 Å². The van der Waals surface area contributed by atoms with Crippen molar-refractivity contribution in [2.45, 2.75) is 0 Å². The van der Waals surface area contributed by atoms with E-state index in [0.29, 0.717) is 5.82 Å². The summed E-state index contributed by atoms with van der Waals surface area (Å²) in [6.45, 7) is 0. The zero-order chi connectivity index (χ0) is 33.0. The number of hydrogen-bond donors (Lipinski definition) is 0. The van der Waals surface area contributed by atoms with Crippen LogP contribution in [0.25, 0.3) is 78.2 Å². The van der Waals surface area contributed by atoms with E-state index in [2.05, 4.69) is 155 Å². The van der Waals surface area contributed by atoms with E-state index in [1.807, 2.05) is 36.4 Å². The molecule has 9 aromatic rings. The first-order valence-corrected chi connectivity index (χ1v) is 16.9. The summed E-state index contributed by atoms with van der Waals surface area (Å²) in [7, 11) is 0. The molecule has 0 spiro atoms. The highest BCUT2D eigenvalue weighted by atomic mass is 15.1. The van der Waals surface area contributed by atoms with Crippen molar-refractivity contribution in [1.82, 2.24) is 14.5 Å². The number of hydrogen-bond acceptors (Lipinski definition) is 3. The Balaban J connectivity index is 1.14. The third-order valence-corrected chi connectivity index (χ3v) is 9.72. The van der Waals surface area contributed by atoms with Crippen LogP contribution in [0.3, 0.4) is 0 Å². The summed E-state index contributed by atoms with van der Waals surface area (Å²) in [6.07, 6.45) is 4.44. The van der Waals surface area contributed by atoms with Crippen LogP contribution in [-0.2, 0) is 0 Å². The minimum Gasteiger partial charge on any atom is -0.316 e. The van der Waals surface area contributed by atoms with Gasteiger partial charge in [-0.3, -0.25) is 0 Å². The largest absolute Gasteiger partial charge is 0.316 e. The van der Waals surface area contributed by atoms with Crippen LogP contribution in [0, 0.1) is 0 Å². The zero-order valence-corrected chi connectivity index (χ0v) is 27.1. The Bertz CT molecular complexity index is 2690. The first-order valence-electron chi connectivity index (χ1n) is 16.9. The summed E-state index contributed by atoms with van der Waals surface area (Å²) in [4.78, 5) is 12.5. The Hall–Kier alpha value is -6.78. The maximum atomic E-state index is 5.10. The lowest BCUT2D eigenvalue weighted by Crippen LogP contribution is -2.12. The molecule has 234 valence electrons. The van der Waals surface area contributed by atoms with Gasteiger partial charge in [-0.1, -0.05) is 121 Å². The maximum absolute atomic E-state index is 5.10. The standard InChI is InChI=1S/C46H30N4/c1-4-14-31(15-5-1)40-30-41(32-16-6-2-7-17-32)48-46(47-40)34-18-12-21-36(28-34)49-27-26-33-29-39-37-22-10-11-24-42(37)50(35-19-8-3-9-20-35)45(39)38-23-13-25-43(49)44(33)38/h1-30H. The van der Waals surface area contributed by atoms with Gasteiger partial charge in [0.15, 0.2) is 5.82 Å². The summed E-state index contributed by atoms with van der Waals surface area (Å²) < 4.78 is 2.41. The van der Waals surface area contributed by atoms with Crippen molar-refractivity contribution in [3.05, 3.63) is 182 Å². The molecule has 0 saturated heterocycles. The van der Waals surface area contributed by atoms with Gasteiger partial charge in [0.05, 0.1) is 28.1 Å². The van der Waals surface area contributed by atoms with Gasteiger partial charge in [0.2, 0.25) is 0 Å². The molecule has 2 aromatic heterocycles. The summed E-state index contributed by atoms with van der Waals surface area (Å²) in [6, 6.07) is 59.8. The second-order valence-electron chi connectivity index (χ2n) is 12.7. The van der Waals surface area contributed by atoms with E-state index in [1.165, 1.54) is 38.1 Å². The summed E-state index contributed by atoms with van der Waals surface area (Å²) >= 11 is 0. The van der Waals surface area contributed by atoms with Crippen molar-refractivity contribution in [3.63, 3.8) is 0 Å². The minimum absolute atomic E-state index is 0.695. The molecular weight excluding hydrogens is 609 g/mol. The molecule has 0 unspecified atom stereocenters. The molecule has 4 nitrogen and oxygen atoms in total. The monoisotopic (exact) mass is 638 g/mol. The number of nitrogens with zero attached hydrogens (tertiary/aromatic N) is 4. The smallest absolute Gasteiger partial charge is 0.160 e. The molecule has 0 N–H and O–H groups in total. The van der Waals surface area contributed by atoms with E-state index >= 15 is 0 Å². The molecule has 0 aliphatic carbocycles.